The Kier molecular flexibility index (Phi) is 6.02. The molecule has 6 heteroatoms. The first-order valence-corrected chi connectivity index (χ1v) is 9.37. The van der Waals surface area contributed by atoms with Crippen LogP contribution in [0.1, 0.15) is 48.3 Å². The molecule has 136 valence electrons. The summed E-state index contributed by atoms with van der Waals surface area (Å²) in [6.07, 6.45) is 8.43. The number of piperazine rings is 1. The van der Waals surface area contributed by atoms with E-state index in [2.05, 4.69) is 33.3 Å². The molecule has 1 aliphatic carbocycles. The number of hydrogen-bond donors (Lipinski definition) is 1. The molecule has 0 bridgehead atoms. The maximum Gasteiger partial charge on any atom is 0.272 e. The Morgan fingerprint density at radius 3 is 2.72 bits per heavy atom. The third-order valence-corrected chi connectivity index (χ3v) is 4.98. The summed E-state index contributed by atoms with van der Waals surface area (Å²) >= 11 is 0. The largest absolute Gasteiger partial charge is 0.354 e. The van der Waals surface area contributed by atoms with Crippen molar-refractivity contribution in [2.75, 3.05) is 45.1 Å². The quantitative estimate of drug-likeness (QED) is 0.832. The normalized spacial score (nSPS) is 18.8. The van der Waals surface area contributed by atoms with E-state index in [1.807, 2.05) is 11.8 Å². The molecule has 1 saturated heterocycles. The van der Waals surface area contributed by atoms with E-state index >= 15 is 0 Å². The average Bonchev–Trinajstić information content (AvgIpc) is 2.62. The van der Waals surface area contributed by atoms with Gasteiger partial charge < -0.3 is 15.1 Å². The van der Waals surface area contributed by atoms with Crippen LogP contribution in [0, 0.1) is 6.92 Å². The number of carbonyl (C=O) groups is 1. The van der Waals surface area contributed by atoms with E-state index in [0.717, 1.165) is 44.8 Å². The summed E-state index contributed by atoms with van der Waals surface area (Å²) in [5, 5.41) is 3.30. The molecule has 1 N–H and O–H groups in total. The predicted octanol–water partition coefficient (Wildman–Crippen LogP) is 2.48. The molecular formula is C19H29N5O. The molecule has 0 radical (unpaired) electrons. The lowest BCUT2D eigenvalue weighted by Crippen LogP contribution is -2.47. The third-order valence-electron chi connectivity index (χ3n) is 4.98. The van der Waals surface area contributed by atoms with Gasteiger partial charge in [0.05, 0.1) is 0 Å². The number of likely N-dealkylation sites (N-methyl/N-ethyl adjacent to an activating group) is 1. The monoisotopic (exact) mass is 343 g/mol. The van der Waals surface area contributed by atoms with Gasteiger partial charge in [-0.3, -0.25) is 4.79 Å². The second kappa shape index (κ2) is 8.43. The van der Waals surface area contributed by atoms with Crippen molar-refractivity contribution < 1.29 is 4.79 Å². The molecule has 1 aliphatic heterocycles. The summed E-state index contributed by atoms with van der Waals surface area (Å²) in [6, 6.07) is 1.79. The molecule has 1 fully saturated rings. The topological polar surface area (TPSA) is 61.4 Å². The fourth-order valence-electron chi connectivity index (χ4n) is 3.40. The van der Waals surface area contributed by atoms with Gasteiger partial charge in [0, 0.05) is 38.4 Å². The van der Waals surface area contributed by atoms with Gasteiger partial charge in [0.15, 0.2) is 0 Å². The summed E-state index contributed by atoms with van der Waals surface area (Å²) in [7, 11) is 2.08. The SMILES string of the molecule is Cc1cc(C(=O)N2CCN(C)CC2)nc(NCCC2=CCCCC2)n1. The highest BCUT2D eigenvalue weighted by Crippen LogP contribution is 2.20. The number of carbonyl (C=O) groups excluding carboxylic acids is 1. The standard InChI is InChI=1S/C19H29N5O/c1-15-14-17(18(25)24-12-10-23(2)11-13-24)22-19(21-15)20-9-8-16-6-4-3-5-7-16/h6,14H,3-5,7-13H2,1-2H3,(H,20,21,22). The fourth-order valence-corrected chi connectivity index (χ4v) is 3.40. The summed E-state index contributed by atoms with van der Waals surface area (Å²) in [5.41, 5.74) is 2.85. The van der Waals surface area contributed by atoms with Crippen LogP contribution in [0.3, 0.4) is 0 Å². The van der Waals surface area contributed by atoms with Crippen LogP contribution in [-0.4, -0.2) is 65.4 Å². The smallest absolute Gasteiger partial charge is 0.272 e. The molecule has 1 amide bonds. The van der Waals surface area contributed by atoms with E-state index in [0.29, 0.717) is 11.6 Å². The highest BCUT2D eigenvalue weighted by atomic mass is 16.2. The van der Waals surface area contributed by atoms with Crippen molar-refractivity contribution in [2.45, 2.75) is 39.0 Å². The van der Waals surface area contributed by atoms with Gasteiger partial charge >= 0.3 is 0 Å². The number of amides is 1. The van der Waals surface area contributed by atoms with Crippen LogP contribution in [-0.2, 0) is 0 Å². The molecule has 25 heavy (non-hydrogen) atoms. The minimum absolute atomic E-state index is 0.0108. The van der Waals surface area contributed by atoms with Gasteiger partial charge in [-0.15, -0.1) is 0 Å². The summed E-state index contributed by atoms with van der Waals surface area (Å²) in [4.78, 5) is 25.7. The molecule has 2 aliphatic rings. The van der Waals surface area contributed by atoms with E-state index in [4.69, 9.17) is 0 Å². The van der Waals surface area contributed by atoms with Gasteiger partial charge in [0.2, 0.25) is 5.95 Å². The minimum atomic E-state index is 0.0108. The zero-order valence-electron chi connectivity index (χ0n) is 15.4. The summed E-state index contributed by atoms with van der Waals surface area (Å²) in [5.74, 6) is 0.575. The Bertz CT molecular complexity index is 635. The van der Waals surface area contributed by atoms with E-state index in [9.17, 15) is 4.79 Å². The highest BCUT2D eigenvalue weighted by Gasteiger charge is 2.22. The van der Waals surface area contributed by atoms with Crippen LogP contribution in [0.25, 0.3) is 0 Å². The number of aryl methyl sites for hydroxylation is 1. The Balaban J connectivity index is 1.59. The van der Waals surface area contributed by atoms with E-state index in [1.54, 1.807) is 6.07 Å². The number of anilines is 1. The average molecular weight is 343 g/mol. The van der Waals surface area contributed by atoms with Crippen LogP contribution in [0.2, 0.25) is 0 Å². The van der Waals surface area contributed by atoms with Gasteiger partial charge in [-0.1, -0.05) is 11.6 Å². The lowest BCUT2D eigenvalue weighted by Gasteiger charge is -2.32. The van der Waals surface area contributed by atoms with E-state index < -0.39 is 0 Å². The van der Waals surface area contributed by atoms with E-state index in [-0.39, 0.29) is 5.91 Å². The first-order valence-electron chi connectivity index (χ1n) is 9.37. The minimum Gasteiger partial charge on any atom is -0.354 e. The van der Waals surface area contributed by atoms with Crippen LogP contribution in [0.5, 0.6) is 0 Å². The van der Waals surface area contributed by atoms with E-state index in [1.165, 1.54) is 31.3 Å². The van der Waals surface area contributed by atoms with Crippen molar-refractivity contribution in [1.29, 1.82) is 0 Å². The number of hydrogen-bond acceptors (Lipinski definition) is 5. The van der Waals surface area contributed by atoms with Crippen molar-refractivity contribution in [3.8, 4) is 0 Å². The lowest BCUT2D eigenvalue weighted by atomic mass is 9.97. The fraction of sp³-hybridized carbons (Fsp3) is 0.632. The number of nitrogens with zero attached hydrogens (tertiary/aromatic N) is 4. The Labute approximate surface area is 150 Å². The third kappa shape index (κ3) is 5.01. The van der Waals surface area contributed by atoms with Crippen LogP contribution in [0.15, 0.2) is 17.7 Å². The van der Waals surface area contributed by atoms with Gasteiger partial charge in [0.1, 0.15) is 5.69 Å². The molecule has 6 nitrogen and oxygen atoms in total. The maximum atomic E-state index is 12.7. The van der Waals surface area contributed by atoms with Gasteiger partial charge in [0.25, 0.3) is 5.91 Å². The molecule has 0 atom stereocenters. The molecule has 0 unspecified atom stereocenters. The van der Waals surface area contributed by atoms with Crippen LogP contribution >= 0.6 is 0 Å². The zero-order chi connectivity index (χ0) is 17.6. The Morgan fingerprint density at radius 2 is 2.00 bits per heavy atom. The summed E-state index contributed by atoms with van der Waals surface area (Å²) in [6.45, 7) is 6.07. The van der Waals surface area contributed by atoms with Crippen molar-refractivity contribution >= 4 is 11.9 Å². The van der Waals surface area contributed by atoms with Crippen LogP contribution in [0.4, 0.5) is 5.95 Å². The van der Waals surface area contributed by atoms with Gasteiger partial charge in [-0.05, 0) is 52.1 Å². The molecule has 1 aromatic rings. The number of allylic oxidation sites excluding steroid dienone is 1. The van der Waals surface area contributed by atoms with Crippen molar-refractivity contribution in [2.24, 2.45) is 0 Å². The summed E-state index contributed by atoms with van der Waals surface area (Å²) < 4.78 is 0. The number of rotatable bonds is 5. The molecule has 3 rings (SSSR count). The molecule has 2 heterocycles. The molecule has 0 saturated carbocycles. The lowest BCUT2D eigenvalue weighted by molar-refractivity contribution is 0.0658. The Morgan fingerprint density at radius 1 is 1.20 bits per heavy atom. The second-order valence-electron chi connectivity index (χ2n) is 7.10. The van der Waals surface area contributed by atoms with Crippen molar-refractivity contribution in [3.05, 3.63) is 29.1 Å². The van der Waals surface area contributed by atoms with Gasteiger partial charge in [-0.25, -0.2) is 9.97 Å². The zero-order valence-corrected chi connectivity index (χ0v) is 15.4. The molecule has 1 aromatic heterocycles. The maximum absolute atomic E-state index is 12.7. The predicted molar refractivity (Wildman–Crippen MR) is 99.8 cm³/mol. The van der Waals surface area contributed by atoms with Crippen molar-refractivity contribution in [1.82, 2.24) is 19.8 Å². The first-order chi connectivity index (χ1) is 12.1. The molecule has 0 spiro atoms. The number of nitrogens with one attached hydrogen (secondary N) is 1. The second-order valence-corrected chi connectivity index (χ2v) is 7.10. The first kappa shape index (κ1) is 17.9. The molecular weight excluding hydrogens is 314 g/mol. The Hall–Kier alpha value is -1.95. The highest BCUT2D eigenvalue weighted by molar-refractivity contribution is 5.92. The van der Waals surface area contributed by atoms with Crippen LogP contribution < -0.4 is 5.32 Å². The van der Waals surface area contributed by atoms with Crippen molar-refractivity contribution in [3.63, 3.8) is 0 Å². The number of aromatic nitrogens is 2. The van der Waals surface area contributed by atoms with Gasteiger partial charge in [-0.2, -0.15) is 0 Å². The molecule has 0 aromatic carbocycles.